The second kappa shape index (κ2) is 5.54. The number of fused-ring (bicyclic) bond motifs is 2. The third-order valence-electron chi connectivity index (χ3n) is 4.60. The summed E-state index contributed by atoms with van der Waals surface area (Å²) in [5, 5.41) is 2.28. The van der Waals surface area contributed by atoms with Crippen LogP contribution in [0.15, 0.2) is 60.7 Å². The van der Waals surface area contributed by atoms with Crippen molar-refractivity contribution < 1.29 is 4.79 Å². The van der Waals surface area contributed by atoms with Gasteiger partial charge in [0.2, 0.25) is 0 Å². The fourth-order valence-electron chi connectivity index (χ4n) is 3.42. The van der Waals surface area contributed by atoms with E-state index in [2.05, 4.69) is 37.3 Å². The minimum absolute atomic E-state index is 0.0977. The van der Waals surface area contributed by atoms with Crippen molar-refractivity contribution in [2.75, 3.05) is 11.4 Å². The van der Waals surface area contributed by atoms with Gasteiger partial charge in [-0.15, -0.1) is 0 Å². The van der Waals surface area contributed by atoms with Crippen LogP contribution in [0.25, 0.3) is 10.8 Å². The van der Waals surface area contributed by atoms with E-state index in [4.69, 9.17) is 0 Å². The zero-order valence-electron chi connectivity index (χ0n) is 13.3. The molecule has 3 aromatic rings. The highest BCUT2D eigenvalue weighted by molar-refractivity contribution is 6.08. The number of aryl methyl sites for hydroxylation is 2. The molecule has 0 saturated carbocycles. The number of carbonyl (C=O) groups is 1. The Labute approximate surface area is 136 Å². The molecule has 0 atom stereocenters. The monoisotopic (exact) mass is 301 g/mol. The highest BCUT2D eigenvalue weighted by atomic mass is 16.2. The van der Waals surface area contributed by atoms with Gasteiger partial charge in [-0.25, -0.2) is 0 Å². The van der Waals surface area contributed by atoms with Gasteiger partial charge in [0.25, 0.3) is 5.91 Å². The summed E-state index contributed by atoms with van der Waals surface area (Å²) in [5.74, 6) is 0.0977. The molecule has 3 aromatic carbocycles. The van der Waals surface area contributed by atoms with E-state index in [1.165, 1.54) is 16.5 Å². The minimum atomic E-state index is 0.0977. The molecule has 0 radical (unpaired) electrons. The number of hydrogen-bond acceptors (Lipinski definition) is 1. The predicted octanol–water partition coefficient (Wildman–Crippen LogP) is 4.74. The van der Waals surface area contributed by atoms with Gasteiger partial charge in [0.15, 0.2) is 0 Å². The van der Waals surface area contributed by atoms with Crippen molar-refractivity contribution >= 4 is 22.4 Å². The van der Waals surface area contributed by atoms with E-state index < -0.39 is 0 Å². The molecule has 0 fully saturated rings. The molecule has 1 amide bonds. The van der Waals surface area contributed by atoms with Crippen molar-refractivity contribution in [3.05, 3.63) is 77.4 Å². The van der Waals surface area contributed by atoms with Gasteiger partial charge in [0.05, 0.1) is 0 Å². The molecule has 1 aliphatic heterocycles. The van der Waals surface area contributed by atoms with Crippen molar-refractivity contribution in [2.24, 2.45) is 0 Å². The predicted molar refractivity (Wildman–Crippen MR) is 95.1 cm³/mol. The van der Waals surface area contributed by atoms with Crippen LogP contribution in [0, 0.1) is 6.92 Å². The van der Waals surface area contributed by atoms with Crippen molar-refractivity contribution in [2.45, 2.75) is 19.8 Å². The summed E-state index contributed by atoms with van der Waals surface area (Å²) in [5.41, 5.74) is 4.37. The van der Waals surface area contributed by atoms with Crippen LogP contribution in [0.2, 0.25) is 0 Å². The van der Waals surface area contributed by atoms with E-state index in [-0.39, 0.29) is 5.91 Å². The number of hydrogen-bond donors (Lipinski definition) is 0. The molecule has 0 aromatic heterocycles. The molecule has 23 heavy (non-hydrogen) atoms. The Morgan fingerprint density at radius 2 is 1.78 bits per heavy atom. The van der Waals surface area contributed by atoms with Crippen molar-refractivity contribution in [3.63, 3.8) is 0 Å². The lowest BCUT2D eigenvalue weighted by atomic mass is 9.98. The maximum absolute atomic E-state index is 13.0. The average Bonchev–Trinajstić information content (AvgIpc) is 2.60. The summed E-state index contributed by atoms with van der Waals surface area (Å²) in [6.07, 6.45) is 2.08. The summed E-state index contributed by atoms with van der Waals surface area (Å²) in [6.45, 7) is 2.89. The Morgan fingerprint density at radius 1 is 0.957 bits per heavy atom. The number of nitrogens with zero attached hydrogens (tertiary/aromatic N) is 1. The zero-order chi connectivity index (χ0) is 15.8. The van der Waals surface area contributed by atoms with Crippen LogP contribution < -0.4 is 4.90 Å². The Morgan fingerprint density at radius 3 is 2.65 bits per heavy atom. The molecule has 2 heteroatoms. The van der Waals surface area contributed by atoms with Crippen LogP contribution in [-0.4, -0.2) is 12.5 Å². The van der Waals surface area contributed by atoms with Crippen LogP contribution in [0.1, 0.15) is 27.9 Å². The Kier molecular flexibility index (Phi) is 3.38. The lowest BCUT2D eigenvalue weighted by Gasteiger charge is -2.30. The molecule has 0 aliphatic carbocycles. The first-order valence-corrected chi connectivity index (χ1v) is 8.12. The summed E-state index contributed by atoms with van der Waals surface area (Å²) >= 11 is 0. The zero-order valence-corrected chi connectivity index (χ0v) is 13.3. The van der Waals surface area contributed by atoms with Crippen LogP contribution in [0.5, 0.6) is 0 Å². The SMILES string of the molecule is Cc1ccc2c(c1)CCCN2C(=O)c1ccc2ccccc2c1. The minimum Gasteiger partial charge on any atom is -0.308 e. The quantitative estimate of drug-likeness (QED) is 0.635. The molecule has 0 bridgehead atoms. The van der Waals surface area contributed by atoms with Crippen molar-refractivity contribution in [1.82, 2.24) is 0 Å². The van der Waals surface area contributed by atoms with Gasteiger partial charge in [-0.3, -0.25) is 4.79 Å². The Hall–Kier alpha value is -2.61. The number of amides is 1. The second-order valence-corrected chi connectivity index (χ2v) is 6.25. The van der Waals surface area contributed by atoms with E-state index >= 15 is 0 Å². The van der Waals surface area contributed by atoms with Gasteiger partial charge >= 0.3 is 0 Å². The fraction of sp³-hybridized carbons (Fsp3) is 0.190. The molecule has 0 N–H and O–H groups in total. The van der Waals surface area contributed by atoms with Gasteiger partial charge in [-0.1, -0.05) is 48.0 Å². The largest absolute Gasteiger partial charge is 0.308 e. The highest BCUT2D eigenvalue weighted by Gasteiger charge is 2.23. The van der Waals surface area contributed by atoms with Crippen LogP contribution in [0.3, 0.4) is 0 Å². The molecule has 2 nitrogen and oxygen atoms in total. The molecular weight excluding hydrogens is 282 g/mol. The molecule has 0 unspecified atom stereocenters. The first-order chi connectivity index (χ1) is 11.2. The van der Waals surface area contributed by atoms with E-state index in [1.807, 2.05) is 35.2 Å². The summed E-state index contributed by atoms with van der Waals surface area (Å²) in [4.78, 5) is 14.9. The average molecular weight is 301 g/mol. The second-order valence-electron chi connectivity index (χ2n) is 6.25. The molecule has 0 saturated heterocycles. The first-order valence-electron chi connectivity index (χ1n) is 8.12. The first kappa shape index (κ1) is 14.0. The highest BCUT2D eigenvalue weighted by Crippen LogP contribution is 2.29. The summed E-state index contributed by atoms with van der Waals surface area (Å²) in [7, 11) is 0. The maximum atomic E-state index is 13.0. The van der Waals surface area contributed by atoms with E-state index in [0.29, 0.717) is 0 Å². The molecule has 0 spiro atoms. The topological polar surface area (TPSA) is 20.3 Å². The third kappa shape index (κ3) is 2.50. The number of carbonyl (C=O) groups excluding carboxylic acids is 1. The normalized spacial score (nSPS) is 13.9. The summed E-state index contributed by atoms with van der Waals surface area (Å²) in [6, 6.07) is 20.5. The standard InChI is InChI=1S/C21H19NO/c1-15-8-11-20-18(13-15)7-4-12-22(20)21(23)19-10-9-16-5-2-3-6-17(16)14-19/h2-3,5-6,8-11,13-14H,4,7,12H2,1H3. The van der Waals surface area contributed by atoms with E-state index in [1.54, 1.807) is 0 Å². The van der Waals surface area contributed by atoms with Crippen molar-refractivity contribution in [1.29, 1.82) is 0 Å². The fourth-order valence-corrected chi connectivity index (χ4v) is 3.42. The number of rotatable bonds is 1. The Bertz CT molecular complexity index is 897. The molecule has 1 aliphatic rings. The Balaban J connectivity index is 1.74. The van der Waals surface area contributed by atoms with Gasteiger partial charge in [0, 0.05) is 17.8 Å². The molecule has 114 valence electrons. The van der Waals surface area contributed by atoms with Crippen LogP contribution in [0.4, 0.5) is 5.69 Å². The van der Waals surface area contributed by atoms with E-state index in [0.717, 1.165) is 36.0 Å². The maximum Gasteiger partial charge on any atom is 0.258 e. The van der Waals surface area contributed by atoms with Crippen LogP contribution >= 0.6 is 0 Å². The molecular formula is C21H19NO. The molecule has 1 heterocycles. The third-order valence-corrected chi connectivity index (χ3v) is 4.60. The number of benzene rings is 3. The van der Waals surface area contributed by atoms with Gasteiger partial charge < -0.3 is 4.90 Å². The number of anilines is 1. The van der Waals surface area contributed by atoms with E-state index in [9.17, 15) is 4.79 Å². The lowest BCUT2D eigenvalue weighted by Crippen LogP contribution is -2.35. The van der Waals surface area contributed by atoms with Crippen molar-refractivity contribution in [3.8, 4) is 0 Å². The van der Waals surface area contributed by atoms with Gasteiger partial charge in [-0.2, -0.15) is 0 Å². The lowest BCUT2D eigenvalue weighted by molar-refractivity contribution is 0.0985. The van der Waals surface area contributed by atoms with Crippen LogP contribution in [-0.2, 0) is 6.42 Å². The summed E-state index contributed by atoms with van der Waals surface area (Å²) < 4.78 is 0. The van der Waals surface area contributed by atoms with Gasteiger partial charge in [0.1, 0.15) is 0 Å². The van der Waals surface area contributed by atoms with Gasteiger partial charge in [-0.05, 0) is 54.3 Å². The smallest absolute Gasteiger partial charge is 0.258 e. The molecule has 4 rings (SSSR count).